The first kappa shape index (κ1) is 19.4. The molecule has 2 aromatic carbocycles. The van der Waals surface area contributed by atoms with Crippen LogP contribution in [0.4, 0.5) is 0 Å². The summed E-state index contributed by atoms with van der Waals surface area (Å²) < 4.78 is 11.1. The molecule has 5 heteroatoms. The Kier molecular flexibility index (Phi) is 5.15. The van der Waals surface area contributed by atoms with Gasteiger partial charge in [0.15, 0.2) is 11.5 Å². The van der Waals surface area contributed by atoms with Gasteiger partial charge in [-0.1, -0.05) is 49.2 Å². The van der Waals surface area contributed by atoms with E-state index < -0.39 is 5.60 Å². The molecule has 3 aliphatic rings. The van der Waals surface area contributed by atoms with Crippen LogP contribution in [-0.2, 0) is 11.2 Å². The molecule has 3 atom stereocenters. The van der Waals surface area contributed by atoms with Crippen LogP contribution in [0.1, 0.15) is 55.7 Å². The molecule has 1 amide bonds. The van der Waals surface area contributed by atoms with Gasteiger partial charge in [-0.3, -0.25) is 4.79 Å². The number of piperidine rings is 1. The fourth-order valence-corrected chi connectivity index (χ4v) is 5.51. The van der Waals surface area contributed by atoms with Crippen LogP contribution < -0.4 is 9.47 Å². The van der Waals surface area contributed by atoms with Gasteiger partial charge in [-0.05, 0) is 48.9 Å². The van der Waals surface area contributed by atoms with Gasteiger partial charge in [0.1, 0.15) is 0 Å². The van der Waals surface area contributed by atoms with Gasteiger partial charge in [0.25, 0.3) is 0 Å². The van der Waals surface area contributed by atoms with Crippen molar-refractivity contribution < 1.29 is 19.4 Å². The van der Waals surface area contributed by atoms with E-state index in [1.165, 1.54) is 5.56 Å². The summed E-state index contributed by atoms with van der Waals surface area (Å²) in [6.45, 7) is 0.830. The van der Waals surface area contributed by atoms with E-state index in [1.54, 1.807) is 0 Å². The predicted octanol–water partition coefficient (Wildman–Crippen LogP) is 4.24. The van der Waals surface area contributed by atoms with Crippen molar-refractivity contribution >= 4 is 5.91 Å². The Morgan fingerprint density at radius 3 is 2.77 bits per heavy atom. The summed E-state index contributed by atoms with van der Waals surface area (Å²) in [5.74, 6) is 1.69. The number of ether oxygens (including phenoxy) is 2. The molecular formula is C25H29NO4. The molecule has 1 saturated carbocycles. The highest BCUT2D eigenvalue weighted by molar-refractivity contribution is 5.77. The zero-order chi connectivity index (χ0) is 20.6. The normalized spacial score (nSPS) is 27.6. The molecule has 0 spiro atoms. The molecule has 0 unspecified atom stereocenters. The van der Waals surface area contributed by atoms with Crippen LogP contribution in [0.25, 0.3) is 0 Å². The van der Waals surface area contributed by atoms with Crippen LogP contribution in [0.2, 0.25) is 0 Å². The van der Waals surface area contributed by atoms with E-state index in [1.807, 2.05) is 41.3 Å². The number of aliphatic hydroxyl groups is 1. The molecule has 1 N–H and O–H groups in total. The molecule has 0 aromatic heterocycles. The van der Waals surface area contributed by atoms with Crippen molar-refractivity contribution in [3.8, 4) is 11.5 Å². The Bertz CT molecular complexity index is 915. The molecule has 2 aliphatic heterocycles. The molecule has 0 bridgehead atoms. The average molecular weight is 408 g/mol. The van der Waals surface area contributed by atoms with Gasteiger partial charge in [0, 0.05) is 18.9 Å². The molecule has 1 saturated heterocycles. The Balaban J connectivity index is 1.43. The minimum atomic E-state index is -0.685. The highest BCUT2D eigenvalue weighted by atomic mass is 16.7. The lowest BCUT2D eigenvalue weighted by molar-refractivity contribution is -0.155. The number of nitrogens with zero attached hydrogens (tertiary/aromatic N) is 1. The fraction of sp³-hybridized carbons (Fsp3) is 0.480. The number of amides is 1. The summed E-state index contributed by atoms with van der Waals surface area (Å²) in [6.07, 6.45) is 5.80. The molecule has 5 nitrogen and oxygen atoms in total. The fourth-order valence-electron chi connectivity index (χ4n) is 5.51. The van der Waals surface area contributed by atoms with E-state index in [0.717, 1.165) is 49.2 Å². The first-order valence-corrected chi connectivity index (χ1v) is 11.1. The van der Waals surface area contributed by atoms with Crippen LogP contribution in [0.15, 0.2) is 48.5 Å². The Morgan fingerprint density at radius 1 is 1.07 bits per heavy atom. The highest BCUT2D eigenvalue weighted by Gasteiger charge is 2.50. The maximum Gasteiger partial charge on any atom is 0.231 e. The maximum atomic E-state index is 13.4. The van der Waals surface area contributed by atoms with Crippen molar-refractivity contribution in [3.05, 3.63) is 59.7 Å². The number of aryl methyl sites for hydroxylation is 1. The quantitative estimate of drug-likeness (QED) is 0.824. The predicted molar refractivity (Wildman–Crippen MR) is 113 cm³/mol. The van der Waals surface area contributed by atoms with E-state index in [4.69, 9.17) is 9.47 Å². The van der Waals surface area contributed by atoms with Crippen molar-refractivity contribution in [1.82, 2.24) is 4.90 Å². The number of fused-ring (bicyclic) bond motifs is 2. The topological polar surface area (TPSA) is 59.0 Å². The zero-order valence-corrected chi connectivity index (χ0v) is 17.3. The summed E-state index contributed by atoms with van der Waals surface area (Å²) >= 11 is 0. The zero-order valence-electron chi connectivity index (χ0n) is 17.3. The molecule has 2 heterocycles. The third-order valence-electron chi connectivity index (χ3n) is 7.10. The van der Waals surface area contributed by atoms with E-state index in [-0.39, 0.29) is 24.7 Å². The highest BCUT2D eigenvalue weighted by Crippen LogP contribution is 2.50. The van der Waals surface area contributed by atoms with Gasteiger partial charge in [-0.25, -0.2) is 0 Å². The van der Waals surface area contributed by atoms with Crippen molar-refractivity contribution in [2.24, 2.45) is 5.92 Å². The summed E-state index contributed by atoms with van der Waals surface area (Å²) in [6, 6.07) is 16.0. The lowest BCUT2D eigenvalue weighted by atomic mass is 9.66. The molecule has 2 fully saturated rings. The number of carbonyl (C=O) groups excluding carboxylic acids is 1. The number of benzene rings is 2. The summed E-state index contributed by atoms with van der Waals surface area (Å²) in [4.78, 5) is 15.4. The molecule has 158 valence electrons. The standard InChI is InChI=1S/C25H29NO4/c27-23(12-9-18-6-2-1-3-7-18)26-15-14-25(28)13-5-4-8-20(25)24(26)19-10-11-21-22(16-19)30-17-29-21/h1-3,6-7,10-11,16,20,24,28H,4-5,8-9,12-15,17H2/t20-,24-,25-/m1/s1. The van der Waals surface area contributed by atoms with Crippen molar-refractivity contribution in [3.63, 3.8) is 0 Å². The van der Waals surface area contributed by atoms with E-state index in [2.05, 4.69) is 12.1 Å². The first-order chi connectivity index (χ1) is 14.6. The minimum absolute atomic E-state index is 0.0565. The minimum Gasteiger partial charge on any atom is -0.454 e. The average Bonchev–Trinajstić information content (AvgIpc) is 3.25. The SMILES string of the molecule is O=C(CCc1ccccc1)N1CC[C@]2(O)CCCC[C@@H]2[C@H]1c1ccc2c(c1)OCO2. The smallest absolute Gasteiger partial charge is 0.231 e. The second-order valence-electron chi connectivity index (χ2n) is 8.84. The third kappa shape index (κ3) is 3.56. The summed E-state index contributed by atoms with van der Waals surface area (Å²) in [7, 11) is 0. The van der Waals surface area contributed by atoms with Gasteiger partial charge in [0.05, 0.1) is 11.6 Å². The van der Waals surface area contributed by atoms with Gasteiger partial charge in [-0.15, -0.1) is 0 Å². The lowest BCUT2D eigenvalue weighted by Gasteiger charge is -2.52. The van der Waals surface area contributed by atoms with Crippen LogP contribution in [0.5, 0.6) is 11.5 Å². The van der Waals surface area contributed by atoms with Gasteiger partial charge in [0.2, 0.25) is 12.7 Å². The molecule has 2 aromatic rings. The second-order valence-corrected chi connectivity index (χ2v) is 8.84. The summed E-state index contributed by atoms with van der Waals surface area (Å²) in [5, 5.41) is 11.4. The van der Waals surface area contributed by atoms with E-state index >= 15 is 0 Å². The Morgan fingerprint density at radius 2 is 1.90 bits per heavy atom. The Hall–Kier alpha value is -2.53. The molecule has 0 radical (unpaired) electrons. The largest absolute Gasteiger partial charge is 0.454 e. The van der Waals surface area contributed by atoms with Crippen LogP contribution in [0, 0.1) is 5.92 Å². The van der Waals surface area contributed by atoms with E-state index in [9.17, 15) is 9.90 Å². The van der Waals surface area contributed by atoms with Gasteiger partial charge in [-0.2, -0.15) is 0 Å². The summed E-state index contributed by atoms with van der Waals surface area (Å²) in [5.41, 5.74) is 1.53. The van der Waals surface area contributed by atoms with Crippen LogP contribution in [0.3, 0.4) is 0 Å². The maximum absolute atomic E-state index is 13.4. The van der Waals surface area contributed by atoms with Crippen molar-refractivity contribution in [2.45, 2.75) is 56.6 Å². The molecule has 30 heavy (non-hydrogen) atoms. The monoisotopic (exact) mass is 407 g/mol. The molecular weight excluding hydrogens is 378 g/mol. The van der Waals surface area contributed by atoms with Crippen molar-refractivity contribution in [1.29, 1.82) is 0 Å². The Labute approximate surface area is 177 Å². The van der Waals surface area contributed by atoms with Gasteiger partial charge < -0.3 is 19.5 Å². The first-order valence-electron chi connectivity index (χ1n) is 11.1. The second kappa shape index (κ2) is 7.95. The number of carbonyl (C=O) groups is 1. The van der Waals surface area contributed by atoms with E-state index in [0.29, 0.717) is 19.4 Å². The third-order valence-corrected chi connectivity index (χ3v) is 7.10. The van der Waals surface area contributed by atoms with Crippen LogP contribution >= 0.6 is 0 Å². The number of likely N-dealkylation sites (tertiary alicyclic amines) is 1. The number of hydrogen-bond acceptors (Lipinski definition) is 4. The van der Waals surface area contributed by atoms with Crippen molar-refractivity contribution in [2.75, 3.05) is 13.3 Å². The van der Waals surface area contributed by atoms with Crippen LogP contribution in [-0.4, -0.2) is 34.9 Å². The number of rotatable bonds is 4. The van der Waals surface area contributed by atoms with Gasteiger partial charge >= 0.3 is 0 Å². The molecule has 5 rings (SSSR count). The lowest BCUT2D eigenvalue weighted by Crippen LogP contribution is -2.56. The molecule has 1 aliphatic carbocycles. The number of hydrogen-bond donors (Lipinski definition) is 1.